The van der Waals surface area contributed by atoms with Gasteiger partial charge < -0.3 is 35.8 Å². The van der Waals surface area contributed by atoms with Crippen molar-refractivity contribution in [2.24, 2.45) is 5.92 Å². The number of carbonyl (C=O) groups is 3. The highest BCUT2D eigenvalue weighted by atomic mass is 16.5. The first-order valence-corrected chi connectivity index (χ1v) is 7.90. The first-order chi connectivity index (χ1) is 11.7. The Hall–Kier alpha value is -2.17. The predicted molar refractivity (Wildman–Crippen MR) is 82.0 cm³/mol. The van der Waals surface area contributed by atoms with Crippen molar-refractivity contribution >= 4 is 17.8 Å². The predicted octanol–water partition coefficient (Wildman–Crippen LogP) is -2.53. The van der Waals surface area contributed by atoms with Crippen LogP contribution in [-0.2, 0) is 19.1 Å². The highest BCUT2D eigenvalue weighted by molar-refractivity contribution is 5.86. The molecule has 1 aliphatic heterocycles. The summed E-state index contributed by atoms with van der Waals surface area (Å²) in [7, 11) is 0. The number of carbonyl (C=O) groups excluding carboxylic acids is 2. The number of carboxylic acid groups (broad SMARTS) is 1. The lowest BCUT2D eigenvalue weighted by molar-refractivity contribution is -0.147. The summed E-state index contributed by atoms with van der Waals surface area (Å²) in [5.74, 6) is -2.91. The van der Waals surface area contributed by atoms with Gasteiger partial charge in [0.2, 0.25) is 17.6 Å². The standard InChI is InChI=1S/C15H22N2O8/c1-6(19)16-11-8(17-14(22)7-2-3-7)4-10(15(23)24)25-13(11)12(21)9(20)5-18/h4,7-9,11-13,18,20-21H,2-3,5H2,1H3,(H,16,19)(H,17,22)(H,23,24)/t8-,9+,11+,12+,13+/m0/s1. The van der Waals surface area contributed by atoms with Crippen molar-refractivity contribution in [1.29, 1.82) is 0 Å². The molecule has 25 heavy (non-hydrogen) atoms. The summed E-state index contributed by atoms with van der Waals surface area (Å²) < 4.78 is 5.21. The number of rotatable bonds is 7. The summed E-state index contributed by atoms with van der Waals surface area (Å²) in [5.41, 5.74) is 0. The van der Waals surface area contributed by atoms with E-state index in [1.54, 1.807) is 0 Å². The molecule has 0 spiro atoms. The van der Waals surface area contributed by atoms with Gasteiger partial charge in [-0.2, -0.15) is 0 Å². The Morgan fingerprint density at radius 2 is 1.92 bits per heavy atom. The van der Waals surface area contributed by atoms with Gasteiger partial charge in [0.1, 0.15) is 18.3 Å². The third-order valence-electron chi connectivity index (χ3n) is 4.09. The van der Waals surface area contributed by atoms with Crippen LogP contribution in [0.5, 0.6) is 0 Å². The number of hydrogen-bond acceptors (Lipinski definition) is 7. The minimum Gasteiger partial charge on any atom is -0.478 e. The fourth-order valence-electron chi connectivity index (χ4n) is 2.63. The van der Waals surface area contributed by atoms with Gasteiger partial charge in [0.25, 0.3) is 0 Å². The smallest absolute Gasteiger partial charge is 0.370 e. The molecule has 2 aliphatic rings. The maximum Gasteiger partial charge on any atom is 0.370 e. The Morgan fingerprint density at radius 3 is 2.40 bits per heavy atom. The average Bonchev–Trinajstić information content (AvgIpc) is 3.39. The third-order valence-corrected chi connectivity index (χ3v) is 4.09. The lowest BCUT2D eigenvalue weighted by atomic mass is 9.92. The number of ether oxygens (including phenoxy) is 1. The van der Waals surface area contributed by atoms with Crippen LogP contribution >= 0.6 is 0 Å². The van der Waals surface area contributed by atoms with Crippen LogP contribution in [0.15, 0.2) is 11.8 Å². The Kier molecular flexibility index (Phi) is 5.98. The van der Waals surface area contributed by atoms with Gasteiger partial charge in [0.05, 0.1) is 18.7 Å². The Balaban J connectivity index is 2.32. The second-order valence-electron chi connectivity index (χ2n) is 6.19. The highest BCUT2D eigenvalue weighted by Crippen LogP contribution is 2.30. The van der Waals surface area contributed by atoms with Crippen molar-refractivity contribution in [2.75, 3.05) is 6.61 Å². The molecular formula is C15H22N2O8. The molecule has 0 radical (unpaired) electrons. The van der Waals surface area contributed by atoms with Crippen molar-refractivity contribution in [1.82, 2.24) is 10.6 Å². The second kappa shape index (κ2) is 7.81. The zero-order chi connectivity index (χ0) is 18.7. The van der Waals surface area contributed by atoms with Crippen LogP contribution in [0.3, 0.4) is 0 Å². The number of aliphatic hydroxyl groups is 3. The minimum absolute atomic E-state index is 0.158. The van der Waals surface area contributed by atoms with Gasteiger partial charge in [-0.05, 0) is 18.9 Å². The third kappa shape index (κ3) is 4.68. The quantitative estimate of drug-likeness (QED) is 0.290. The van der Waals surface area contributed by atoms with Crippen LogP contribution in [0, 0.1) is 5.92 Å². The molecule has 0 saturated heterocycles. The molecular weight excluding hydrogens is 336 g/mol. The monoisotopic (exact) mass is 358 g/mol. The number of aliphatic hydroxyl groups excluding tert-OH is 3. The van der Waals surface area contributed by atoms with E-state index < -0.39 is 54.6 Å². The summed E-state index contributed by atoms with van der Waals surface area (Å²) in [4.78, 5) is 34.8. The molecule has 0 unspecified atom stereocenters. The normalized spacial score (nSPS) is 28.2. The molecule has 1 heterocycles. The molecule has 0 aromatic carbocycles. The van der Waals surface area contributed by atoms with Gasteiger partial charge in [-0.15, -0.1) is 0 Å². The zero-order valence-corrected chi connectivity index (χ0v) is 13.6. The van der Waals surface area contributed by atoms with Gasteiger partial charge in [-0.3, -0.25) is 9.59 Å². The Morgan fingerprint density at radius 1 is 1.28 bits per heavy atom. The van der Waals surface area contributed by atoms with Gasteiger partial charge in [-0.25, -0.2) is 4.79 Å². The van der Waals surface area contributed by atoms with Gasteiger partial charge in [0, 0.05) is 12.8 Å². The van der Waals surface area contributed by atoms with Gasteiger partial charge >= 0.3 is 5.97 Å². The summed E-state index contributed by atoms with van der Waals surface area (Å²) in [6, 6.07) is -1.98. The SMILES string of the molecule is CC(=O)N[C@H]1[C@H]([C@H](O)[C@H](O)CO)OC(C(=O)O)=C[C@@H]1NC(=O)C1CC1. The topological polar surface area (TPSA) is 165 Å². The fourth-order valence-corrected chi connectivity index (χ4v) is 2.63. The van der Waals surface area contributed by atoms with Crippen molar-refractivity contribution < 1.29 is 39.5 Å². The first kappa shape index (κ1) is 19.2. The molecule has 0 aromatic rings. The van der Waals surface area contributed by atoms with E-state index in [2.05, 4.69) is 10.6 Å². The molecule has 6 N–H and O–H groups in total. The first-order valence-electron chi connectivity index (χ1n) is 7.90. The highest BCUT2D eigenvalue weighted by Gasteiger charge is 2.45. The van der Waals surface area contributed by atoms with E-state index in [-0.39, 0.29) is 11.8 Å². The molecule has 1 aliphatic carbocycles. The minimum atomic E-state index is -1.69. The molecule has 1 fully saturated rings. The Bertz CT molecular complexity index is 574. The summed E-state index contributed by atoms with van der Waals surface area (Å²) in [6.45, 7) is 0.418. The molecule has 2 amide bonds. The maximum absolute atomic E-state index is 12.1. The Labute approximate surface area is 143 Å². The van der Waals surface area contributed by atoms with Crippen LogP contribution in [0.2, 0.25) is 0 Å². The number of nitrogens with one attached hydrogen (secondary N) is 2. The van der Waals surface area contributed by atoms with E-state index in [9.17, 15) is 29.7 Å². The van der Waals surface area contributed by atoms with E-state index in [4.69, 9.17) is 9.84 Å². The van der Waals surface area contributed by atoms with Crippen molar-refractivity contribution in [3.05, 3.63) is 11.8 Å². The summed E-state index contributed by atoms with van der Waals surface area (Å²) >= 11 is 0. The molecule has 140 valence electrons. The zero-order valence-electron chi connectivity index (χ0n) is 13.6. The number of aliphatic carboxylic acids is 1. The van der Waals surface area contributed by atoms with E-state index in [1.807, 2.05) is 0 Å². The second-order valence-corrected chi connectivity index (χ2v) is 6.19. The largest absolute Gasteiger partial charge is 0.478 e. The van der Waals surface area contributed by atoms with Gasteiger partial charge in [-0.1, -0.05) is 0 Å². The van der Waals surface area contributed by atoms with E-state index in [1.165, 1.54) is 6.92 Å². The van der Waals surface area contributed by atoms with E-state index >= 15 is 0 Å². The average molecular weight is 358 g/mol. The number of hydrogen-bond donors (Lipinski definition) is 6. The molecule has 0 aromatic heterocycles. The summed E-state index contributed by atoms with van der Waals surface area (Å²) in [5, 5.41) is 43.2. The lowest BCUT2D eigenvalue weighted by Crippen LogP contribution is -2.63. The van der Waals surface area contributed by atoms with E-state index in [0.717, 1.165) is 18.9 Å². The van der Waals surface area contributed by atoms with Crippen molar-refractivity contribution in [2.45, 2.75) is 50.2 Å². The molecule has 10 nitrogen and oxygen atoms in total. The molecule has 2 rings (SSSR count). The van der Waals surface area contributed by atoms with Crippen molar-refractivity contribution in [3.63, 3.8) is 0 Å². The van der Waals surface area contributed by atoms with Crippen LogP contribution in [0.25, 0.3) is 0 Å². The molecule has 1 saturated carbocycles. The van der Waals surface area contributed by atoms with Crippen LogP contribution in [0.4, 0.5) is 0 Å². The van der Waals surface area contributed by atoms with Gasteiger partial charge in [0.15, 0.2) is 0 Å². The number of amides is 2. The molecule has 5 atom stereocenters. The van der Waals surface area contributed by atoms with E-state index in [0.29, 0.717) is 0 Å². The van der Waals surface area contributed by atoms with Crippen LogP contribution in [-0.4, -0.2) is 75.2 Å². The fraction of sp³-hybridized carbons (Fsp3) is 0.667. The van der Waals surface area contributed by atoms with Crippen LogP contribution in [0.1, 0.15) is 19.8 Å². The lowest BCUT2D eigenvalue weighted by Gasteiger charge is -2.40. The number of carboxylic acids is 1. The molecule has 0 bridgehead atoms. The molecule has 10 heteroatoms. The maximum atomic E-state index is 12.1. The summed E-state index contributed by atoms with van der Waals surface area (Å²) in [6.07, 6.45) is -2.10. The van der Waals surface area contributed by atoms with Crippen molar-refractivity contribution in [3.8, 4) is 0 Å². The van der Waals surface area contributed by atoms with Crippen LogP contribution < -0.4 is 10.6 Å².